The van der Waals surface area contributed by atoms with Gasteiger partial charge < -0.3 is 19.3 Å². The van der Waals surface area contributed by atoms with Crippen LogP contribution in [-0.4, -0.2) is 58.7 Å². The van der Waals surface area contributed by atoms with Crippen molar-refractivity contribution in [2.45, 2.75) is 24.9 Å². The summed E-state index contributed by atoms with van der Waals surface area (Å²) >= 11 is 0. The summed E-state index contributed by atoms with van der Waals surface area (Å²) in [6, 6.07) is 12.6. The number of hydrogen-bond acceptors (Lipinski definition) is 4. The van der Waals surface area contributed by atoms with Gasteiger partial charge in [0.15, 0.2) is 0 Å². The first-order valence-electron chi connectivity index (χ1n) is 10.9. The normalized spacial score (nSPS) is 19.8. The molecule has 2 aromatic carbocycles. The number of likely N-dealkylation sites (tertiary alicyclic amines) is 1. The Morgan fingerprint density at radius 1 is 1.22 bits per heavy atom. The van der Waals surface area contributed by atoms with Crippen LogP contribution >= 0.6 is 0 Å². The second-order valence-corrected chi connectivity index (χ2v) is 9.05. The predicted octanol–water partition coefficient (Wildman–Crippen LogP) is 2.98. The summed E-state index contributed by atoms with van der Waals surface area (Å²) in [6.45, 7) is 3.80. The number of hydrogen-bond donors (Lipinski definition) is 1. The molecule has 6 nitrogen and oxygen atoms in total. The van der Waals surface area contributed by atoms with Crippen LogP contribution in [0.4, 0.5) is 4.39 Å². The van der Waals surface area contributed by atoms with Crippen LogP contribution in [0.1, 0.15) is 29.8 Å². The van der Waals surface area contributed by atoms with Crippen molar-refractivity contribution in [2.75, 3.05) is 33.4 Å². The van der Waals surface area contributed by atoms with Gasteiger partial charge in [-0.2, -0.15) is 0 Å². The zero-order chi connectivity index (χ0) is 22.6. The lowest BCUT2D eigenvalue weighted by molar-refractivity contribution is -0.138. The standard InChI is InChI=1S/C25H28FN3O3/c1-16(31)29-14-25(15-29)13-28(11-17-6-4-5-7-20(17)26)22(12-30)24-23(25)19-9-8-18(32-3)10-21(19)27(24)2/h4-10,22,30H,11-15H2,1-3H3/t22-/m1/s1. The van der Waals surface area contributed by atoms with Gasteiger partial charge in [-0.1, -0.05) is 18.2 Å². The van der Waals surface area contributed by atoms with E-state index in [1.54, 1.807) is 26.2 Å². The molecule has 3 heterocycles. The molecule has 7 heteroatoms. The van der Waals surface area contributed by atoms with E-state index in [0.717, 1.165) is 22.3 Å². The molecular formula is C25H28FN3O3. The molecule has 1 amide bonds. The van der Waals surface area contributed by atoms with Crippen molar-refractivity contribution >= 4 is 16.8 Å². The van der Waals surface area contributed by atoms with Crippen LogP contribution in [0.5, 0.6) is 5.75 Å². The molecule has 0 bridgehead atoms. The number of aliphatic hydroxyl groups is 1. The lowest BCUT2D eigenvalue weighted by Gasteiger charge is -2.56. The summed E-state index contributed by atoms with van der Waals surface area (Å²) in [7, 11) is 3.65. The lowest BCUT2D eigenvalue weighted by atomic mass is 9.68. The third-order valence-corrected chi connectivity index (χ3v) is 7.18. The molecule has 0 aliphatic carbocycles. The monoisotopic (exact) mass is 437 g/mol. The lowest BCUT2D eigenvalue weighted by Crippen LogP contribution is -2.67. The summed E-state index contributed by atoms with van der Waals surface area (Å²) in [5.41, 5.74) is 3.60. The molecule has 2 aliphatic rings. The number of amides is 1. The van der Waals surface area contributed by atoms with Crippen LogP contribution < -0.4 is 4.74 Å². The highest BCUT2D eigenvalue weighted by molar-refractivity contribution is 5.89. The molecule has 1 aromatic heterocycles. The van der Waals surface area contributed by atoms with Crippen LogP contribution in [0.2, 0.25) is 0 Å². The number of aryl methyl sites for hydroxylation is 1. The fourth-order valence-electron chi connectivity index (χ4n) is 5.64. The van der Waals surface area contributed by atoms with Crippen LogP contribution in [0.3, 0.4) is 0 Å². The van der Waals surface area contributed by atoms with Crippen LogP contribution in [-0.2, 0) is 23.8 Å². The molecule has 0 radical (unpaired) electrons. The molecule has 2 aliphatic heterocycles. The van der Waals surface area contributed by atoms with Gasteiger partial charge in [-0.05, 0) is 23.8 Å². The van der Waals surface area contributed by atoms with Crippen molar-refractivity contribution in [2.24, 2.45) is 7.05 Å². The molecule has 1 saturated heterocycles. The van der Waals surface area contributed by atoms with Crippen LogP contribution in [0.15, 0.2) is 42.5 Å². The Morgan fingerprint density at radius 2 is 1.97 bits per heavy atom. The summed E-state index contributed by atoms with van der Waals surface area (Å²) in [6.07, 6.45) is 0. The molecule has 0 saturated carbocycles. The first-order chi connectivity index (χ1) is 15.4. The van der Waals surface area contributed by atoms with Crippen molar-refractivity contribution in [3.63, 3.8) is 0 Å². The van der Waals surface area contributed by atoms with E-state index < -0.39 is 0 Å². The van der Waals surface area contributed by atoms with E-state index in [0.29, 0.717) is 31.7 Å². The fourth-order valence-corrected chi connectivity index (χ4v) is 5.64. The van der Waals surface area contributed by atoms with Gasteiger partial charge in [-0.15, -0.1) is 0 Å². The fraction of sp³-hybridized carbons (Fsp3) is 0.400. The van der Waals surface area contributed by atoms with Gasteiger partial charge >= 0.3 is 0 Å². The molecule has 1 fully saturated rings. The Balaban J connectivity index is 1.67. The summed E-state index contributed by atoms with van der Waals surface area (Å²) in [4.78, 5) is 16.1. The van der Waals surface area contributed by atoms with Gasteiger partial charge in [-0.3, -0.25) is 9.69 Å². The number of ether oxygens (including phenoxy) is 1. The van der Waals surface area contributed by atoms with E-state index in [-0.39, 0.29) is 29.8 Å². The number of carbonyl (C=O) groups excluding carboxylic acids is 1. The number of carbonyl (C=O) groups is 1. The number of aliphatic hydroxyl groups excluding tert-OH is 1. The molecule has 1 atom stereocenters. The first kappa shape index (κ1) is 21.0. The zero-order valence-corrected chi connectivity index (χ0v) is 18.6. The van der Waals surface area contributed by atoms with E-state index in [2.05, 4.69) is 15.5 Å². The first-order valence-corrected chi connectivity index (χ1v) is 10.9. The second-order valence-electron chi connectivity index (χ2n) is 9.05. The number of rotatable bonds is 4. The smallest absolute Gasteiger partial charge is 0.219 e. The van der Waals surface area contributed by atoms with Crippen molar-refractivity contribution in [3.8, 4) is 5.75 Å². The van der Waals surface area contributed by atoms with E-state index in [1.807, 2.05) is 30.1 Å². The average molecular weight is 438 g/mol. The van der Waals surface area contributed by atoms with Gasteiger partial charge in [0.1, 0.15) is 11.6 Å². The molecular weight excluding hydrogens is 409 g/mol. The highest BCUT2D eigenvalue weighted by Crippen LogP contribution is 2.50. The van der Waals surface area contributed by atoms with Gasteiger partial charge in [0, 0.05) is 68.3 Å². The summed E-state index contributed by atoms with van der Waals surface area (Å²) in [5.74, 6) is 0.584. The zero-order valence-electron chi connectivity index (χ0n) is 18.6. The van der Waals surface area contributed by atoms with Crippen LogP contribution in [0, 0.1) is 5.82 Å². The Hall–Kier alpha value is -2.90. The van der Waals surface area contributed by atoms with E-state index in [4.69, 9.17) is 4.74 Å². The van der Waals surface area contributed by atoms with Gasteiger partial charge in [0.05, 0.1) is 25.3 Å². The maximum absolute atomic E-state index is 14.5. The van der Waals surface area contributed by atoms with Gasteiger partial charge in [0.2, 0.25) is 5.91 Å². The van der Waals surface area contributed by atoms with E-state index >= 15 is 0 Å². The molecule has 1 N–H and O–H groups in total. The van der Waals surface area contributed by atoms with E-state index in [1.165, 1.54) is 11.6 Å². The molecule has 168 valence electrons. The predicted molar refractivity (Wildman–Crippen MR) is 120 cm³/mol. The minimum absolute atomic E-state index is 0.0593. The number of benzene rings is 2. The Bertz CT molecular complexity index is 1200. The van der Waals surface area contributed by atoms with Crippen molar-refractivity contribution in [3.05, 3.63) is 65.1 Å². The minimum Gasteiger partial charge on any atom is -0.497 e. The largest absolute Gasteiger partial charge is 0.497 e. The third-order valence-electron chi connectivity index (χ3n) is 7.18. The maximum atomic E-state index is 14.5. The quantitative estimate of drug-likeness (QED) is 0.682. The SMILES string of the molecule is COc1ccc2c3c(n(C)c2c1)[C@@H](CO)N(Cc1ccccc1F)CC31CN(C(C)=O)C1. The average Bonchev–Trinajstić information content (AvgIpc) is 3.05. The molecule has 0 unspecified atom stereocenters. The highest BCUT2D eigenvalue weighted by atomic mass is 19.1. The van der Waals surface area contributed by atoms with Crippen molar-refractivity contribution < 1.29 is 19.0 Å². The molecule has 5 rings (SSSR count). The number of methoxy groups -OCH3 is 1. The van der Waals surface area contributed by atoms with E-state index in [9.17, 15) is 14.3 Å². The second kappa shape index (κ2) is 7.60. The van der Waals surface area contributed by atoms with Gasteiger partial charge in [-0.25, -0.2) is 4.39 Å². The van der Waals surface area contributed by atoms with Gasteiger partial charge in [0.25, 0.3) is 0 Å². The minimum atomic E-state index is -0.273. The van der Waals surface area contributed by atoms with Crippen LogP contribution in [0.25, 0.3) is 10.9 Å². The van der Waals surface area contributed by atoms with Crippen molar-refractivity contribution in [1.82, 2.24) is 14.4 Å². The topological polar surface area (TPSA) is 57.9 Å². The number of nitrogens with zero attached hydrogens (tertiary/aromatic N) is 3. The van der Waals surface area contributed by atoms with Crippen molar-refractivity contribution in [1.29, 1.82) is 0 Å². The summed E-state index contributed by atoms with van der Waals surface area (Å²) in [5, 5.41) is 11.6. The number of fused-ring (bicyclic) bond motifs is 4. The Kier molecular flexibility index (Phi) is 4.98. The maximum Gasteiger partial charge on any atom is 0.219 e. The summed E-state index contributed by atoms with van der Waals surface area (Å²) < 4.78 is 22.1. The third kappa shape index (κ3) is 3.03. The molecule has 32 heavy (non-hydrogen) atoms. The highest BCUT2D eigenvalue weighted by Gasteiger charge is 2.54. The Morgan fingerprint density at radius 3 is 2.62 bits per heavy atom. The Labute approximate surface area is 186 Å². The molecule has 3 aromatic rings. The number of halogens is 1. The number of aromatic nitrogens is 1. The molecule has 1 spiro atoms.